The number of rotatable bonds is 0. The Kier molecular flexibility index (Phi) is 2.18. The van der Waals surface area contributed by atoms with E-state index in [4.69, 9.17) is 23.2 Å². The molecule has 7 nitrogen and oxygen atoms in total. The Morgan fingerprint density at radius 2 is 2.21 bits per heavy atom. The molecule has 2 rings (SSSR count). The topological polar surface area (TPSA) is 78.5 Å². The molecule has 0 N–H and O–H groups in total. The highest BCUT2D eigenvalue weighted by Gasteiger charge is 2.15. The van der Waals surface area contributed by atoms with Crippen LogP contribution in [-0.4, -0.2) is 35.6 Å². The van der Waals surface area contributed by atoms with E-state index in [1.165, 1.54) is 12.7 Å². The molecule has 0 aromatic carbocycles. The summed E-state index contributed by atoms with van der Waals surface area (Å²) in [7, 11) is 0. The van der Waals surface area contributed by atoms with Crippen molar-refractivity contribution in [2.24, 2.45) is 0 Å². The normalized spacial score (nSPS) is 10.4. The van der Waals surface area contributed by atoms with Gasteiger partial charge >= 0.3 is 6.03 Å². The van der Waals surface area contributed by atoms with Crippen LogP contribution in [0.2, 0.25) is 10.6 Å². The van der Waals surface area contributed by atoms with Gasteiger partial charge in [0.15, 0.2) is 0 Å². The van der Waals surface area contributed by atoms with Gasteiger partial charge in [-0.3, -0.25) is 0 Å². The van der Waals surface area contributed by atoms with Gasteiger partial charge in [-0.2, -0.15) is 14.8 Å². The van der Waals surface area contributed by atoms with Crippen LogP contribution in [0.3, 0.4) is 0 Å². The van der Waals surface area contributed by atoms with Crippen molar-refractivity contribution in [3.05, 3.63) is 23.2 Å². The minimum Gasteiger partial charge on any atom is -0.243 e. The molecule has 14 heavy (non-hydrogen) atoms. The third kappa shape index (κ3) is 1.47. The second kappa shape index (κ2) is 3.35. The molecule has 0 saturated heterocycles. The SMILES string of the molecule is O=C(n1cncn1)n1nc(Cl)nc1Cl. The first-order chi connectivity index (χ1) is 6.68. The molecular formula is C5H2Cl2N6O. The summed E-state index contributed by atoms with van der Waals surface area (Å²) in [6, 6.07) is -0.605. The first kappa shape index (κ1) is 9.10. The maximum absolute atomic E-state index is 11.5. The molecule has 0 bridgehead atoms. The van der Waals surface area contributed by atoms with Crippen LogP contribution in [-0.2, 0) is 0 Å². The molecule has 0 aliphatic carbocycles. The summed E-state index contributed by atoms with van der Waals surface area (Å²) in [5.41, 5.74) is 0. The minimum absolute atomic E-state index is 0.108. The number of carbonyl (C=O) groups is 1. The number of aromatic nitrogens is 6. The van der Waals surface area contributed by atoms with Crippen LogP contribution < -0.4 is 0 Å². The standard InChI is InChI=1S/C5H2Cl2N6O/c6-3-10-4(7)13(11-3)5(14)12-2-8-1-9-12/h1-2H. The average molecular weight is 233 g/mol. The van der Waals surface area contributed by atoms with E-state index in [0.717, 1.165) is 9.36 Å². The van der Waals surface area contributed by atoms with Gasteiger partial charge in [0.2, 0.25) is 10.6 Å². The van der Waals surface area contributed by atoms with E-state index in [1.54, 1.807) is 0 Å². The molecule has 0 unspecified atom stereocenters. The maximum atomic E-state index is 11.5. The number of carbonyl (C=O) groups excluding carboxylic acids is 1. The number of hydrogen-bond donors (Lipinski definition) is 0. The first-order valence-corrected chi connectivity index (χ1v) is 4.11. The largest absolute Gasteiger partial charge is 0.373 e. The second-order valence-corrected chi connectivity index (χ2v) is 2.86. The zero-order valence-corrected chi connectivity index (χ0v) is 8.01. The van der Waals surface area contributed by atoms with Gasteiger partial charge in [-0.1, -0.05) is 0 Å². The van der Waals surface area contributed by atoms with E-state index in [1.807, 2.05) is 0 Å². The molecule has 2 heterocycles. The lowest BCUT2D eigenvalue weighted by Gasteiger charge is -1.97. The smallest absolute Gasteiger partial charge is 0.243 e. The lowest BCUT2D eigenvalue weighted by Crippen LogP contribution is -2.21. The van der Waals surface area contributed by atoms with E-state index >= 15 is 0 Å². The highest BCUT2D eigenvalue weighted by atomic mass is 35.5. The monoisotopic (exact) mass is 232 g/mol. The van der Waals surface area contributed by atoms with Gasteiger partial charge in [-0.25, -0.2) is 9.78 Å². The van der Waals surface area contributed by atoms with Gasteiger partial charge in [0.25, 0.3) is 0 Å². The molecule has 72 valence electrons. The van der Waals surface area contributed by atoms with Crippen molar-refractivity contribution in [2.75, 3.05) is 0 Å². The van der Waals surface area contributed by atoms with Crippen molar-refractivity contribution in [1.29, 1.82) is 0 Å². The van der Waals surface area contributed by atoms with Crippen molar-refractivity contribution in [1.82, 2.24) is 29.5 Å². The van der Waals surface area contributed by atoms with Crippen molar-refractivity contribution < 1.29 is 4.79 Å². The van der Waals surface area contributed by atoms with Crippen molar-refractivity contribution in [2.45, 2.75) is 0 Å². The molecule has 0 aliphatic heterocycles. The summed E-state index contributed by atoms with van der Waals surface area (Å²) in [5.74, 6) is 0. The Morgan fingerprint density at radius 1 is 1.43 bits per heavy atom. The lowest BCUT2D eigenvalue weighted by molar-refractivity contribution is 0.238. The predicted octanol–water partition coefficient (Wildman–Crippen LogP) is 0.693. The third-order valence-corrected chi connectivity index (χ3v) is 1.74. The first-order valence-electron chi connectivity index (χ1n) is 3.36. The lowest BCUT2D eigenvalue weighted by atomic mass is 10.9. The Hall–Kier alpha value is -1.47. The maximum Gasteiger partial charge on any atom is 0.373 e. The van der Waals surface area contributed by atoms with Crippen LogP contribution >= 0.6 is 23.2 Å². The van der Waals surface area contributed by atoms with Crippen molar-refractivity contribution in [3.8, 4) is 0 Å². The third-order valence-electron chi connectivity index (χ3n) is 1.34. The fourth-order valence-corrected chi connectivity index (χ4v) is 1.18. The van der Waals surface area contributed by atoms with Crippen LogP contribution in [0.25, 0.3) is 0 Å². The zero-order chi connectivity index (χ0) is 10.1. The Labute approximate surface area is 87.3 Å². The predicted molar refractivity (Wildman–Crippen MR) is 46.3 cm³/mol. The number of nitrogens with zero attached hydrogens (tertiary/aromatic N) is 6. The van der Waals surface area contributed by atoms with Gasteiger partial charge in [0.1, 0.15) is 12.7 Å². The highest BCUT2D eigenvalue weighted by Crippen LogP contribution is 2.09. The van der Waals surface area contributed by atoms with Crippen LogP contribution in [0.1, 0.15) is 0 Å². The molecule has 2 aromatic rings. The second-order valence-electron chi connectivity index (χ2n) is 2.18. The van der Waals surface area contributed by atoms with Gasteiger partial charge in [-0.05, 0) is 23.2 Å². The van der Waals surface area contributed by atoms with E-state index in [0.29, 0.717) is 0 Å². The van der Waals surface area contributed by atoms with E-state index in [9.17, 15) is 4.79 Å². The molecule has 0 spiro atoms. The Balaban J connectivity index is 2.41. The van der Waals surface area contributed by atoms with Crippen LogP contribution in [0.4, 0.5) is 4.79 Å². The summed E-state index contributed by atoms with van der Waals surface area (Å²) in [6.07, 6.45) is 2.43. The van der Waals surface area contributed by atoms with Crippen LogP contribution in [0.15, 0.2) is 12.7 Å². The van der Waals surface area contributed by atoms with Gasteiger partial charge < -0.3 is 0 Å². The summed E-state index contributed by atoms with van der Waals surface area (Å²) >= 11 is 11.0. The van der Waals surface area contributed by atoms with Crippen LogP contribution in [0, 0.1) is 0 Å². The van der Waals surface area contributed by atoms with E-state index in [-0.39, 0.29) is 10.6 Å². The van der Waals surface area contributed by atoms with Gasteiger partial charge in [0, 0.05) is 0 Å². The zero-order valence-electron chi connectivity index (χ0n) is 6.50. The molecule has 0 radical (unpaired) electrons. The molecule has 0 atom stereocenters. The average Bonchev–Trinajstić information content (AvgIpc) is 2.73. The summed E-state index contributed by atoms with van der Waals surface area (Å²) in [6.45, 7) is 0. The summed E-state index contributed by atoms with van der Waals surface area (Å²) < 4.78 is 1.77. The molecular weight excluding hydrogens is 231 g/mol. The summed E-state index contributed by atoms with van der Waals surface area (Å²) in [4.78, 5) is 18.7. The van der Waals surface area contributed by atoms with Gasteiger partial charge in [0.05, 0.1) is 0 Å². The van der Waals surface area contributed by atoms with Crippen molar-refractivity contribution in [3.63, 3.8) is 0 Å². The van der Waals surface area contributed by atoms with E-state index in [2.05, 4.69) is 20.2 Å². The van der Waals surface area contributed by atoms with Crippen LogP contribution in [0.5, 0.6) is 0 Å². The highest BCUT2D eigenvalue weighted by molar-refractivity contribution is 6.32. The van der Waals surface area contributed by atoms with Gasteiger partial charge in [-0.15, -0.1) is 9.78 Å². The number of halogens is 2. The molecule has 0 saturated carbocycles. The molecule has 0 aliphatic rings. The Bertz CT molecular complexity index is 463. The van der Waals surface area contributed by atoms with Crippen molar-refractivity contribution >= 4 is 29.2 Å². The molecule has 0 amide bonds. The molecule has 2 aromatic heterocycles. The quantitative estimate of drug-likeness (QED) is 0.668. The molecule has 0 fully saturated rings. The van der Waals surface area contributed by atoms with E-state index < -0.39 is 6.03 Å². The Morgan fingerprint density at radius 3 is 2.71 bits per heavy atom. The summed E-state index contributed by atoms with van der Waals surface area (Å²) in [5, 5.41) is 6.94. The minimum atomic E-state index is -0.605. The fraction of sp³-hybridized carbons (Fsp3) is 0. The fourth-order valence-electron chi connectivity index (χ4n) is 0.795. The number of hydrogen-bond acceptors (Lipinski definition) is 5. The molecule has 9 heteroatoms.